The Hall–Kier alpha value is -3.41. The molecule has 0 spiro atoms. The highest BCUT2D eigenvalue weighted by atomic mass is 16.5. The van der Waals surface area contributed by atoms with Crippen molar-refractivity contribution in [3.05, 3.63) is 95.6 Å². The van der Waals surface area contributed by atoms with Crippen LogP contribution in [0.5, 0.6) is 11.5 Å². The second-order valence-corrected chi connectivity index (χ2v) is 11.8. The molecule has 3 N–H and O–H groups in total. The number of phenolic OH excluding ortho intramolecular Hbond substituents is 2. The molecule has 5 rings (SSSR count). The van der Waals surface area contributed by atoms with Gasteiger partial charge in [0.25, 0.3) is 0 Å². The van der Waals surface area contributed by atoms with Gasteiger partial charge in [-0.25, -0.2) is 0 Å². The molecule has 39 heavy (non-hydrogen) atoms. The van der Waals surface area contributed by atoms with Crippen molar-refractivity contribution < 1.29 is 24.9 Å². The molecule has 0 radical (unpaired) electrons. The lowest BCUT2D eigenvalue weighted by Gasteiger charge is -2.44. The summed E-state index contributed by atoms with van der Waals surface area (Å²) in [5.74, 6) is 0.640. The first-order valence-corrected chi connectivity index (χ1v) is 13.7. The van der Waals surface area contributed by atoms with Gasteiger partial charge in [-0.1, -0.05) is 74.5 Å². The second-order valence-electron chi connectivity index (χ2n) is 11.8. The molecule has 4 unspecified atom stereocenters. The Labute approximate surface area is 230 Å². The third kappa shape index (κ3) is 4.48. The highest BCUT2D eigenvalue weighted by Crippen LogP contribution is 2.69. The van der Waals surface area contributed by atoms with Crippen molar-refractivity contribution in [3.63, 3.8) is 0 Å². The van der Waals surface area contributed by atoms with Gasteiger partial charge in [-0.15, -0.1) is 0 Å². The largest absolute Gasteiger partial charge is 0.508 e. The molecule has 0 heterocycles. The molecule has 4 atom stereocenters. The van der Waals surface area contributed by atoms with Crippen LogP contribution in [0.3, 0.4) is 0 Å². The van der Waals surface area contributed by atoms with Gasteiger partial charge >= 0.3 is 0 Å². The maximum Gasteiger partial charge on any atom is 0.142 e. The molecule has 0 amide bonds. The van der Waals surface area contributed by atoms with E-state index >= 15 is 0 Å². The van der Waals surface area contributed by atoms with Crippen molar-refractivity contribution in [1.82, 2.24) is 0 Å². The minimum Gasteiger partial charge on any atom is -0.508 e. The Kier molecular flexibility index (Phi) is 7.17. The molecule has 204 valence electrons. The summed E-state index contributed by atoms with van der Waals surface area (Å²) in [7, 11) is 1.67. The lowest BCUT2D eigenvalue weighted by atomic mass is 9.58. The van der Waals surface area contributed by atoms with Crippen LogP contribution in [0.15, 0.2) is 78.9 Å². The molecule has 2 aliphatic carbocycles. The van der Waals surface area contributed by atoms with Crippen LogP contribution in [0, 0.1) is 22.7 Å². The van der Waals surface area contributed by atoms with Crippen molar-refractivity contribution in [2.45, 2.75) is 45.6 Å². The van der Waals surface area contributed by atoms with Crippen LogP contribution in [0.25, 0.3) is 11.1 Å². The third-order valence-electron chi connectivity index (χ3n) is 9.53. The fourth-order valence-corrected chi connectivity index (χ4v) is 7.25. The van der Waals surface area contributed by atoms with E-state index in [9.17, 15) is 20.1 Å². The van der Waals surface area contributed by atoms with Crippen LogP contribution < -0.4 is 0 Å². The van der Waals surface area contributed by atoms with Gasteiger partial charge < -0.3 is 20.1 Å². The predicted molar refractivity (Wildman–Crippen MR) is 153 cm³/mol. The number of aryl methyl sites for hydroxylation is 1. The highest BCUT2D eigenvalue weighted by Gasteiger charge is 2.71. The molecule has 3 aromatic rings. The summed E-state index contributed by atoms with van der Waals surface area (Å²) in [5, 5.41) is 30.2. The maximum absolute atomic E-state index is 13.9. The van der Waals surface area contributed by atoms with Gasteiger partial charge in [0.15, 0.2) is 0 Å². The molecular weight excluding hydrogens is 488 g/mol. The van der Waals surface area contributed by atoms with Gasteiger partial charge in [-0.05, 0) is 64.8 Å². The topological polar surface area (TPSA) is 87.0 Å². The number of ketones is 1. The molecule has 2 bridgehead atoms. The Morgan fingerprint density at radius 3 is 2.38 bits per heavy atom. The normalized spacial score (nSPS) is 25.2. The smallest absolute Gasteiger partial charge is 0.142 e. The average molecular weight is 527 g/mol. The van der Waals surface area contributed by atoms with Crippen molar-refractivity contribution in [1.29, 1.82) is 0 Å². The number of ether oxygens (including phenoxy) is 1. The number of fused-ring (bicyclic) bond motifs is 2. The Bertz CT molecular complexity index is 1390. The highest BCUT2D eigenvalue weighted by molar-refractivity contribution is 5.89. The number of carbonyl (C=O) groups is 1. The number of aromatic hydroxyl groups is 2. The number of hydrogen-bond acceptors (Lipinski definition) is 5. The van der Waals surface area contributed by atoms with E-state index in [1.165, 1.54) is 0 Å². The summed E-state index contributed by atoms with van der Waals surface area (Å²) in [5.41, 5.74) is 4.72. The van der Waals surface area contributed by atoms with Crippen LogP contribution in [0.1, 0.15) is 43.4 Å². The quantitative estimate of drug-likeness (QED) is 0.294. The molecule has 5 nitrogen and oxygen atoms in total. The second kappa shape index (κ2) is 10.3. The minimum absolute atomic E-state index is 0.00645. The minimum atomic E-state index is -0.673. The summed E-state index contributed by atoms with van der Waals surface area (Å²) in [6, 6.07) is 20.8. The van der Waals surface area contributed by atoms with Crippen LogP contribution in [-0.4, -0.2) is 40.9 Å². The van der Waals surface area contributed by atoms with E-state index in [0.29, 0.717) is 25.7 Å². The summed E-state index contributed by atoms with van der Waals surface area (Å²) < 4.78 is 5.93. The number of aliphatic hydroxyl groups is 1. The van der Waals surface area contributed by atoms with Crippen LogP contribution in [0.2, 0.25) is 0 Å². The molecule has 0 aromatic heterocycles. The number of aliphatic hydroxyl groups excluding tert-OH is 1. The van der Waals surface area contributed by atoms with E-state index < -0.39 is 5.41 Å². The van der Waals surface area contributed by atoms with Gasteiger partial charge in [0.1, 0.15) is 17.3 Å². The molecule has 0 aliphatic heterocycles. The van der Waals surface area contributed by atoms with Gasteiger partial charge in [0.2, 0.25) is 0 Å². The van der Waals surface area contributed by atoms with Crippen molar-refractivity contribution in [2.75, 3.05) is 13.7 Å². The molecular formula is C34H38O5. The Morgan fingerprint density at radius 2 is 1.72 bits per heavy atom. The van der Waals surface area contributed by atoms with Crippen molar-refractivity contribution in [2.24, 2.45) is 22.7 Å². The first-order valence-electron chi connectivity index (χ1n) is 13.7. The third-order valence-corrected chi connectivity index (χ3v) is 9.53. The Balaban J connectivity index is 1.32. The summed E-state index contributed by atoms with van der Waals surface area (Å²) >= 11 is 0. The van der Waals surface area contributed by atoms with E-state index in [0.717, 1.165) is 33.4 Å². The lowest BCUT2D eigenvalue weighted by molar-refractivity contribution is -0.141. The zero-order chi connectivity index (χ0) is 27.9. The standard InChI is InChI=1S/C34H38O5/c1-21-31-27(20-35)19-34(32(31)39-4,33(21,2)3)30(38)15-10-22-6-5-7-24(16-22)25-11-12-26(29(37)18-25)17-23-8-13-28(36)14-9-23/h5-9,11-14,16,18,27,31-32,35-37H,1,10,15,17,19-20H2,2-4H3. The molecule has 0 saturated heterocycles. The van der Waals surface area contributed by atoms with Gasteiger partial charge in [-0.3, -0.25) is 4.79 Å². The summed E-state index contributed by atoms with van der Waals surface area (Å²) in [6.45, 7) is 8.59. The van der Waals surface area contributed by atoms with Gasteiger partial charge in [0.05, 0.1) is 11.5 Å². The first kappa shape index (κ1) is 27.2. The van der Waals surface area contributed by atoms with Crippen molar-refractivity contribution in [3.8, 4) is 22.6 Å². The SMILES string of the molecule is C=C1C2C(CO)CC(C(=O)CCc3cccc(-c4ccc(Cc5ccc(O)cc5)c(O)c4)c3)(C2OC)C1(C)C. The Morgan fingerprint density at radius 1 is 1.00 bits per heavy atom. The maximum atomic E-state index is 13.9. The van der Waals surface area contributed by atoms with Crippen LogP contribution >= 0.6 is 0 Å². The van der Waals surface area contributed by atoms with E-state index in [2.05, 4.69) is 26.5 Å². The van der Waals surface area contributed by atoms with E-state index in [1.807, 2.05) is 42.5 Å². The number of benzene rings is 3. The fraction of sp³-hybridized carbons (Fsp3) is 0.382. The number of Topliss-reactive ketones (excluding diaryl/α,β-unsaturated/α-hetero) is 1. The number of rotatable bonds is 9. The molecule has 2 fully saturated rings. The molecule has 3 aromatic carbocycles. The lowest BCUT2D eigenvalue weighted by Crippen LogP contribution is -2.47. The van der Waals surface area contributed by atoms with Crippen LogP contribution in [0.4, 0.5) is 0 Å². The van der Waals surface area contributed by atoms with Gasteiger partial charge in [0, 0.05) is 37.9 Å². The van der Waals surface area contributed by atoms with E-state index in [4.69, 9.17) is 4.74 Å². The number of carbonyl (C=O) groups excluding carboxylic acids is 1. The molecule has 2 saturated carbocycles. The zero-order valence-electron chi connectivity index (χ0n) is 23.0. The molecule has 2 aliphatic rings. The fourth-order valence-electron chi connectivity index (χ4n) is 7.25. The zero-order valence-corrected chi connectivity index (χ0v) is 23.0. The summed E-state index contributed by atoms with van der Waals surface area (Å²) in [4.78, 5) is 13.9. The predicted octanol–water partition coefficient (Wildman–Crippen LogP) is 6.08. The van der Waals surface area contributed by atoms with Crippen molar-refractivity contribution >= 4 is 5.78 Å². The monoisotopic (exact) mass is 526 g/mol. The van der Waals surface area contributed by atoms with Gasteiger partial charge in [-0.2, -0.15) is 0 Å². The number of hydrogen-bond donors (Lipinski definition) is 3. The first-order chi connectivity index (χ1) is 18.6. The number of methoxy groups -OCH3 is 1. The van der Waals surface area contributed by atoms with E-state index in [-0.39, 0.29) is 47.2 Å². The molecule has 5 heteroatoms. The van der Waals surface area contributed by atoms with E-state index in [1.54, 1.807) is 25.3 Å². The number of phenols is 2. The summed E-state index contributed by atoms with van der Waals surface area (Å²) in [6.07, 6.45) is 1.94. The average Bonchev–Trinajstić information content (AvgIpc) is 3.36. The van der Waals surface area contributed by atoms with Crippen LogP contribution in [-0.2, 0) is 22.4 Å².